The minimum atomic E-state index is -1.59. The van der Waals surface area contributed by atoms with Crippen LogP contribution in [0, 0.1) is 13.8 Å². The van der Waals surface area contributed by atoms with Crippen LogP contribution in [-0.2, 0) is 16.1 Å². The molecule has 0 spiro atoms. The zero-order chi connectivity index (χ0) is 17.3. The van der Waals surface area contributed by atoms with E-state index in [2.05, 4.69) is 15.7 Å². The normalized spacial score (nSPS) is 19.2. The third-order valence-corrected chi connectivity index (χ3v) is 4.03. The monoisotopic (exact) mass is 328 g/mol. The standard InChI is InChI=1S/C17H20N4O3/c1-11-10-12(2)21(20-11)9-8-18-15(22)17(3)16(23)19-13-6-4-5-7-14(13)24-17/h4-7,10H,8-9H2,1-3H3,(H,18,22)(H,19,23)/t17-/m0/s1. The van der Waals surface area contributed by atoms with Crippen molar-refractivity contribution in [1.29, 1.82) is 0 Å². The summed E-state index contributed by atoms with van der Waals surface area (Å²) in [6.07, 6.45) is 0. The van der Waals surface area contributed by atoms with Gasteiger partial charge in [0.1, 0.15) is 5.75 Å². The van der Waals surface area contributed by atoms with Gasteiger partial charge in [0.05, 0.1) is 17.9 Å². The number of hydrogen-bond donors (Lipinski definition) is 2. The summed E-state index contributed by atoms with van der Waals surface area (Å²) in [5.41, 5.74) is 0.921. The van der Waals surface area contributed by atoms with Crippen molar-refractivity contribution in [2.45, 2.75) is 32.9 Å². The third-order valence-electron chi connectivity index (χ3n) is 4.03. The maximum atomic E-state index is 12.5. The number of benzene rings is 1. The van der Waals surface area contributed by atoms with E-state index < -0.39 is 17.4 Å². The first kappa shape index (κ1) is 16.0. The predicted octanol–water partition coefficient (Wildman–Crippen LogP) is 1.41. The number of nitrogens with zero attached hydrogens (tertiary/aromatic N) is 2. The topological polar surface area (TPSA) is 85.3 Å². The molecule has 1 atom stereocenters. The van der Waals surface area contributed by atoms with Crippen LogP contribution < -0.4 is 15.4 Å². The van der Waals surface area contributed by atoms with Crippen molar-refractivity contribution in [3.8, 4) is 5.75 Å². The molecule has 0 bridgehead atoms. The number of aryl methyl sites for hydroxylation is 2. The number of nitrogens with one attached hydrogen (secondary N) is 2. The Balaban J connectivity index is 1.66. The van der Waals surface area contributed by atoms with Gasteiger partial charge in [-0.05, 0) is 39.0 Å². The van der Waals surface area contributed by atoms with E-state index in [1.54, 1.807) is 24.3 Å². The average molecular weight is 328 g/mol. The number of ether oxygens (including phenoxy) is 1. The second-order valence-corrected chi connectivity index (χ2v) is 5.99. The molecule has 2 amide bonds. The number of carbonyl (C=O) groups excluding carboxylic acids is 2. The lowest BCUT2D eigenvalue weighted by Crippen LogP contribution is -2.59. The highest BCUT2D eigenvalue weighted by Crippen LogP contribution is 2.33. The molecule has 126 valence electrons. The van der Waals surface area contributed by atoms with E-state index in [1.807, 2.05) is 24.6 Å². The molecule has 7 heteroatoms. The molecule has 24 heavy (non-hydrogen) atoms. The minimum absolute atomic E-state index is 0.356. The molecule has 2 aromatic rings. The first-order valence-electron chi connectivity index (χ1n) is 7.79. The van der Waals surface area contributed by atoms with Gasteiger partial charge >= 0.3 is 0 Å². The van der Waals surface area contributed by atoms with Gasteiger partial charge in [-0.3, -0.25) is 14.3 Å². The predicted molar refractivity (Wildman–Crippen MR) is 88.8 cm³/mol. The molecule has 0 fully saturated rings. The number of carbonyl (C=O) groups is 2. The Morgan fingerprint density at radius 1 is 1.38 bits per heavy atom. The minimum Gasteiger partial charge on any atom is -0.466 e. The van der Waals surface area contributed by atoms with Crippen molar-refractivity contribution in [3.63, 3.8) is 0 Å². The van der Waals surface area contributed by atoms with Crippen molar-refractivity contribution in [2.75, 3.05) is 11.9 Å². The number of rotatable bonds is 4. The maximum Gasteiger partial charge on any atom is 0.278 e. The van der Waals surface area contributed by atoms with E-state index in [9.17, 15) is 9.59 Å². The lowest BCUT2D eigenvalue weighted by molar-refractivity contribution is -0.146. The Morgan fingerprint density at radius 2 is 2.12 bits per heavy atom. The van der Waals surface area contributed by atoms with Gasteiger partial charge in [-0.25, -0.2) is 0 Å². The van der Waals surface area contributed by atoms with E-state index in [-0.39, 0.29) is 0 Å². The van der Waals surface area contributed by atoms with Crippen molar-refractivity contribution < 1.29 is 14.3 Å². The number of anilines is 1. The van der Waals surface area contributed by atoms with Gasteiger partial charge in [-0.2, -0.15) is 5.10 Å². The van der Waals surface area contributed by atoms with Crippen LogP contribution >= 0.6 is 0 Å². The number of aromatic nitrogens is 2. The molecule has 0 unspecified atom stereocenters. The van der Waals surface area contributed by atoms with Gasteiger partial charge in [0.15, 0.2) is 0 Å². The summed E-state index contributed by atoms with van der Waals surface area (Å²) in [7, 11) is 0. The summed E-state index contributed by atoms with van der Waals surface area (Å²) in [6, 6.07) is 9.00. The van der Waals surface area contributed by atoms with Crippen molar-refractivity contribution in [1.82, 2.24) is 15.1 Å². The first-order valence-corrected chi connectivity index (χ1v) is 7.79. The number of para-hydroxylation sites is 2. The molecule has 1 aromatic heterocycles. The van der Waals surface area contributed by atoms with Crippen LogP contribution in [-0.4, -0.2) is 33.7 Å². The largest absolute Gasteiger partial charge is 0.466 e. The van der Waals surface area contributed by atoms with Gasteiger partial charge in [-0.1, -0.05) is 12.1 Å². The summed E-state index contributed by atoms with van der Waals surface area (Å²) >= 11 is 0. The van der Waals surface area contributed by atoms with E-state index in [4.69, 9.17) is 4.74 Å². The lowest BCUT2D eigenvalue weighted by atomic mass is 10.0. The molecule has 1 aliphatic rings. The zero-order valence-corrected chi connectivity index (χ0v) is 13.9. The van der Waals surface area contributed by atoms with Crippen LogP contribution in [0.5, 0.6) is 5.75 Å². The number of amides is 2. The molecular weight excluding hydrogens is 308 g/mol. The fourth-order valence-corrected chi connectivity index (χ4v) is 2.66. The second kappa shape index (κ2) is 5.99. The van der Waals surface area contributed by atoms with Crippen molar-refractivity contribution >= 4 is 17.5 Å². The number of fused-ring (bicyclic) bond motifs is 1. The van der Waals surface area contributed by atoms with E-state index >= 15 is 0 Å². The molecule has 0 saturated carbocycles. The van der Waals surface area contributed by atoms with Gasteiger partial charge < -0.3 is 15.4 Å². The molecule has 7 nitrogen and oxygen atoms in total. The van der Waals surface area contributed by atoms with Crippen LogP contribution in [0.4, 0.5) is 5.69 Å². The summed E-state index contributed by atoms with van der Waals surface area (Å²) in [5, 5.41) is 9.80. The first-order chi connectivity index (χ1) is 11.4. The van der Waals surface area contributed by atoms with E-state index in [0.717, 1.165) is 11.4 Å². The average Bonchev–Trinajstić information content (AvgIpc) is 2.86. The fourth-order valence-electron chi connectivity index (χ4n) is 2.66. The summed E-state index contributed by atoms with van der Waals surface area (Å²) in [6.45, 7) is 6.23. The van der Waals surface area contributed by atoms with Crippen LogP contribution in [0.15, 0.2) is 30.3 Å². The Morgan fingerprint density at radius 3 is 2.83 bits per heavy atom. The molecular formula is C17H20N4O3. The van der Waals surface area contributed by atoms with Crippen molar-refractivity contribution in [3.05, 3.63) is 41.7 Å². The highest BCUT2D eigenvalue weighted by molar-refractivity contribution is 6.15. The molecule has 1 aromatic carbocycles. The quantitative estimate of drug-likeness (QED) is 0.831. The van der Waals surface area contributed by atoms with Crippen LogP contribution in [0.1, 0.15) is 18.3 Å². The maximum absolute atomic E-state index is 12.5. The molecule has 0 aliphatic carbocycles. The van der Waals surface area contributed by atoms with Crippen LogP contribution in [0.3, 0.4) is 0 Å². The lowest BCUT2D eigenvalue weighted by Gasteiger charge is -2.33. The van der Waals surface area contributed by atoms with Gasteiger partial charge in [-0.15, -0.1) is 0 Å². The summed E-state index contributed by atoms with van der Waals surface area (Å²) < 4.78 is 7.49. The molecule has 0 saturated heterocycles. The SMILES string of the molecule is Cc1cc(C)n(CCNC(=O)[C@]2(C)Oc3ccccc3NC2=O)n1. The number of hydrogen-bond acceptors (Lipinski definition) is 4. The highest BCUT2D eigenvalue weighted by atomic mass is 16.5. The molecule has 0 radical (unpaired) electrons. The Bertz CT molecular complexity index is 799. The smallest absolute Gasteiger partial charge is 0.278 e. The summed E-state index contributed by atoms with van der Waals surface area (Å²) in [4.78, 5) is 24.8. The molecule has 2 heterocycles. The highest BCUT2D eigenvalue weighted by Gasteiger charge is 2.46. The molecule has 2 N–H and O–H groups in total. The fraction of sp³-hybridized carbons (Fsp3) is 0.353. The Kier molecular flexibility index (Phi) is 4.01. The van der Waals surface area contributed by atoms with Crippen molar-refractivity contribution in [2.24, 2.45) is 0 Å². The summed E-state index contributed by atoms with van der Waals surface area (Å²) in [5.74, 6) is -0.478. The molecule has 1 aliphatic heterocycles. The van der Waals surface area contributed by atoms with Gasteiger partial charge in [0, 0.05) is 12.2 Å². The third kappa shape index (κ3) is 2.84. The zero-order valence-electron chi connectivity index (χ0n) is 13.9. The van der Waals surface area contributed by atoms with Gasteiger partial charge in [0.25, 0.3) is 17.4 Å². The van der Waals surface area contributed by atoms with Crippen LogP contribution in [0.2, 0.25) is 0 Å². The molecule has 3 rings (SSSR count). The van der Waals surface area contributed by atoms with Crippen LogP contribution in [0.25, 0.3) is 0 Å². The van der Waals surface area contributed by atoms with Gasteiger partial charge in [0.2, 0.25) is 0 Å². The second-order valence-electron chi connectivity index (χ2n) is 5.99. The Hall–Kier alpha value is -2.83. The Labute approximate surface area is 140 Å². The van der Waals surface area contributed by atoms with E-state index in [1.165, 1.54) is 6.92 Å². The van der Waals surface area contributed by atoms with E-state index in [0.29, 0.717) is 24.5 Å².